The summed E-state index contributed by atoms with van der Waals surface area (Å²) < 4.78 is 11.5. The van der Waals surface area contributed by atoms with Crippen molar-refractivity contribution in [3.05, 3.63) is 74.9 Å². The lowest BCUT2D eigenvalue weighted by Gasteiger charge is -2.08. The second kappa shape index (κ2) is 7.27. The van der Waals surface area contributed by atoms with Crippen LogP contribution in [0.2, 0.25) is 0 Å². The smallest absolute Gasteiger partial charge is 0.265 e. The average Bonchev–Trinajstić information content (AvgIpc) is 3.37. The predicted octanol–water partition coefficient (Wildman–Crippen LogP) is 5.00. The summed E-state index contributed by atoms with van der Waals surface area (Å²) in [6.07, 6.45) is 1.96. The van der Waals surface area contributed by atoms with Gasteiger partial charge in [-0.2, -0.15) is 4.98 Å². The van der Waals surface area contributed by atoms with Crippen molar-refractivity contribution in [3.8, 4) is 11.6 Å². The Hall–Kier alpha value is -2.71. The number of furan rings is 1. The third-order valence-electron chi connectivity index (χ3n) is 3.61. The monoisotopic (exact) mass is 429 g/mol. The van der Waals surface area contributed by atoms with Crippen LogP contribution in [0, 0.1) is 0 Å². The van der Waals surface area contributed by atoms with E-state index in [4.69, 9.17) is 8.94 Å². The van der Waals surface area contributed by atoms with Crippen molar-refractivity contribution in [2.24, 2.45) is 0 Å². The Labute approximate surface area is 161 Å². The molecule has 0 bridgehead atoms. The van der Waals surface area contributed by atoms with Gasteiger partial charge in [-0.05, 0) is 45.8 Å². The number of hydrogen-bond donors (Lipinski definition) is 1. The van der Waals surface area contributed by atoms with Gasteiger partial charge < -0.3 is 14.3 Å². The number of nitrogens with one attached hydrogen (secondary N) is 1. The van der Waals surface area contributed by atoms with E-state index in [0.717, 1.165) is 10.0 Å². The van der Waals surface area contributed by atoms with E-state index in [1.807, 2.05) is 29.6 Å². The largest absolute Gasteiger partial charge is 0.461 e. The number of amides is 1. The first kappa shape index (κ1) is 16.7. The van der Waals surface area contributed by atoms with Crippen LogP contribution in [0.4, 0.5) is 5.69 Å². The van der Waals surface area contributed by atoms with Crippen molar-refractivity contribution in [3.63, 3.8) is 0 Å². The lowest BCUT2D eigenvalue weighted by molar-refractivity contribution is 0.103. The number of thiophene rings is 1. The molecule has 1 N–H and O–H groups in total. The summed E-state index contributed by atoms with van der Waals surface area (Å²) in [6, 6.07) is 12.8. The molecule has 0 spiro atoms. The van der Waals surface area contributed by atoms with Crippen LogP contribution in [-0.4, -0.2) is 16.0 Å². The van der Waals surface area contributed by atoms with E-state index in [-0.39, 0.29) is 5.91 Å². The van der Waals surface area contributed by atoms with E-state index < -0.39 is 0 Å². The molecule has 8 heteroatoms. The van der Waals surface area contributed by atoms with E-state index in [9.17, 15) is 4.79 Å². The number of nitrogens with zero attached hydrogens (tertiary/aromatic N) is 2. The lowest BCUT2D eigenvalue weighted by atomic mass is 10.1. The molecule has 130 valence electrons. The summed E-state index contributed by atoms with van der Waals surface area (Å²) in [4.78, 5) is 17.4. The Kier molecular flexibility index (Phi) is 4.68. The normalized spacial score (nSPS) is 10.8. The second-order valence-corrected chi connectivity index (χ2v) is 7.23. The molecule has 0 aliphatic carbocycles. The molecule has 4 aromatic rings. The third-order valence-corrected chi connectivity index (χ3v) is 5.30. The van der Waals surface area contributed by atoms with Gasteiger partial charge in [-0.15, -0.1) is 11.3 Å². The molecule has 0 aliphatic rings. The minimum atomic E-state index is -0.157. The Bertz CT molecular complexity index is 1040. The van der Waals surface area contributed by atoms with Gasteiger partial charge in [0.1, 0.15) is 0 Å². The zero-order valence-corrected chi connectivity index (χ0v) is 15.7. The molecule has 0 saturated carbocycles. The van der Waals surface area contributed by atoms with Crippen molar-refractivity contribution in [1.82, 2.24) is 10.1 Å². The molecule has 0 saturated heterocycles. The highest BCUT2D eigenvalue weighted by atomic mass is 79.9. The summed E-state index contributed by atoms with van der Waals surface area (Å²) in [5.41, 5.74) is 1.59. The molecule has 0 fully saturated rings. The molecular weight excluding hydrogens is 418 g/mol. The van der Waals surface area contributed by atoms with Crippen molar-refractivity contribution in [2.45, 2.75) is 6.42 Å². The topological polar surface area (TPSA) is 81.2 Å². The van der Waals surface area contributed by atoms with Gasteiger partial charge in [-0.3, -0.25) is 4.79 Å². The molecule has 0 radical (unpaired) electrons. The molecule has 0 unspecified atom stereocenters. The van der Waals surface area contributed by atoms with Gasteiger partial charge in [0.05, 0.1) is 17.6 Å². The fraction of sp³-hybridized carbons (Fsp3) is 0.0556. The molecule has 1 amide bonds. The first-order chi connectivity index (χ1) is 12.7. The number of carbonyl (C=O) groups is 1. The average molecular weight is 430 g/mol. The third kappa shape index (κ3) is 3.61. The van der Waals surface area contributed by atoms with Gasteiger partial charge in [0.25, 0.3) is 5.91 Å². The van der Waals surface area contributed by atoms with Crippen LogP contribution in [0.15, 0.2) is 67.5 Å². The van der Waals surface area contributed by atoms with Gasteiger partial charge in [-0.1, -0.05) is 23.4 Å². The van der Waals surface area contributed by atoms with Crippen LogP contribution in [0.5, 0.6) is 0 Å². The van der Waals surface area contributed by atoms with Crippen molar-refractivity contribution < 1.29 is 13.7 Å². The van der Waals surface area contributed by atoms with Crippen LogP contribution < -0.4 is 5.32 Å². The summed E-state index contributed by atoms with van der Waals surface area (Å²) in [5, 5.41) is 8.73. The van der Waals surface area contributed by atoms with Gasteiger partial charge in [-0.25, -0.2) is 0 Å². The highest BCUT2D eigenvalue weighted by Gasteiger charge is 2.15. The molecule has 3 aromatic heterocycles. The van der Waals surface area contributed by atoms with E-state index in [1.54, 1.807) is 24.5 Å². The minimum absolute atomic E-state index is 0.157. The van der Waals surface area contributed by atoms with Crippen molar-refractivity contribution >= 4 is 38.9 Å². The fourth-order valence-electron chi connectivity index (χ4n) is 2.41. The first-order valence-corrected chi connectivity index (χ1v) is 9.36. The molecular formula is C18H12BrN3O3S. The maximum absolute atomic E-state index is 12.4. The van der Waals surface area contributed by atoms with Crippen molar-refractivity contribution in [2.75, 3.05) is 5.32 Å². The molecule has 1 aromatic carbocycles. The summed E-state index contributed by atoms with van der Waals surface area (Å²) in [7, 11) is 0. The second-order valence-electron chi connectivity index (χ2n) is 5.41. The number of para-hydroxylation sites is 1. The zero-order chi connectivity index (χ0) is 17.9. The maximum atomic E-state index is 12.4. The van der Waals surface area contributed by atoms with Gasteiger partial charge in [0, 0.05) is 15.5 Å². The number of rotatable bonds is 5. The quantitative estimate of drug-likeness (QED) is 0.482. The zero-order valence-electron chi connectivity index (χ0n) is 13.3. The fourth-order valence-corrected chi connectivity index (χ4v) is 3.73. The number of benzene rings is 1. The van der Waals surface area contributed by atoms with E-state index in [2.05, 4.69) is 31.4 Å². The van der Waals surface area contributed by atoms with Gasteiger partial charge >= 0.3 is 0 Å². The highest BCUT2D eigenvalue weighted by molar-refractivity contribution is 9.10. The standard InChI is InChI=1S/C18H12BrN3O3S/c19-12-9-15(26-10-12)18(23)20-13-5-2-1-4-11(13)8-16-21-17(22-25-16)14-6-3-7-24-14/h1-7,9-10H,8H2,(H,20,23). The van der Waals surface area contributed by atoms with E-state index in [1.165, 1.54) is 11.3 Å². The van der Waals surface area contributed by atoms with Crippen LogP contribution in [-0.2, 0) is 6.42 Å². The van der Waals surface area contributed by atoms with Crippen LogP contribution in [0.25, 0.3) is 11.6 Å². The number of carbonyl (C=O) groups excluding carboxylic acids is 1. The van der Waals surface area contributed by atoms with Crippen LogP contribution in [0.3, 0.4) is 0 Å². The Morgan fingerprint density at radius 3 is 2.88 bits per heavy atom. The highest BCUT2D eigenvalue weighted by Crippen LogP contribution is 2.24. The number of anilines is 1. The summed E-state index contributed by atoms with van der Waals surface area (Å²) in [6.45, 7) is 0. The Morgan fingerprint density at radius 1 is 1.23 bits per heavy atom. The number of aromatic nitrogens is 2. The molecule has 26 heavy (non-hydrogen) atoms. The van der Waals surface area contributed by atoms with E-state index >= 15 is 0 Å². The minimum Gasteiger partial charge on any atom is -0.461 e. The summed E-state index contributed by atoms with van der Waals surface area (Å²) >= 11 is 4.74. The molecule has 3 heterocycles. The SMILES string of the molecule is O=C(Nc1ccccc1Cc1nc(-c2ccco2)no1)c1cc(Br)cs1. The maximum Gasteiger partial charge on any atom is 0.265 e. The molecule has 0 atom stereocenters. The predicted molar refractivity (Wildman–Crippen MR) is 101 cm³/mol. The summed E-state index contributed by atoms with van der Waals surface area (Å²) in [5.74, 6) is 1.23. The van der Waals surface area contributed by atoms with Crippen molar-refractivity contribution in [1.29, 1.82) is 0 Å². The van der Waals surface area contributed by atoms with Gasteiger partial charge in [0.2, 0.25) is 11.7 Å². The van der Waals surface area contributed by atoms with E-state index in [0.29, 0.717) is 34.5 Å². The first-order valence-electron chi connectivity index (χ1n) is 7.69. The Morgan fingerprint density at radius 2 is 2.12 bits per heavy atom. The molecule has 4 rings (SSSR count). The van der Waals surface area contributed by atoms with Gasteiger partial charge in [0.15, 0.2) is 5.76 Å². The molecule has 6 nitrogen and oxygen atoms in total. The molecule has 0 aliphatic heterocycles. The van der Waals surface area contributed by atoms with Crippen LogP contribution >= 0.6 is 27.3 Å². The Balaban J connectivity index is 1.53. The van der Waals surface area contributed by atoms with Crippen LogP contribution in [0.1, 0.15) is 21.1 Å². The number of hydrogen-bond acceptors (Lipinski definition) is 6. The lowest BCUT2D eigenvalue weighted by Crippen LogP contribution is -2.12. The number of halogens is 1.